The van der Waals surface area contributed by atoms with E-state index < -0.39 is 47.6 Å². The first-order chi connectivity index (χ1) is 14.0. The molecule has 1 N–H and O–H groups in total. The van der Waals surface area contributed by atoms with Crippen LogP contribution in [0.3, 0.4) is 0 Å². The van der Waals surface area contributed by atoms with Crippen LogP contribution in [0.15, 0.2) is 36.1 Å². The van der Waals surface area contributed by atoms with E-state index in [4.69, 9.17) is 0 Å². The van der Waals surface area contributed by atoms with Crippen molar-refractivity contribution in [3.05, 3.63) is 36.1 Å². The Bertz CT molecular complexity index is 804. The Balaban J connectivity index is 3.06. The van der Waals surface area contributed by atoms with E-state index in [-0.39, 0.29) is 12.3 Å². The third kappa shape index (κ3) is 5.50. The van der Waals surface area contributed by atoms with Crippen molar-refractivity contribution in [2.75, 3.05) is 11.9 Å². The van der Waals surface area contributed by atoms with Crippen LogP contribution in [0.5, 0.6) is 5.75 Å². The molecule has 0 radical (unpaired) electrons. The predicted molar refractivity (Wildman–Crippen MR) is 82.5 cm³/mol. The Morgan fingerprint density at radius 1 is 0.903 bits per heavy atom. The molecule has 0 aliphatic rings. The smallest absolute Gasteiger partial charge is 0.449 e. The van der Waals surface area contributed by atoms with E-state index in [1.807, 2.05) is 0 Å². The van der Waals surface area contributed by atoms with Crippen LogP contribution >= 0.6 is 0 Å². The molecule has 0 heterocycles. The Morgan fingerprint density at radius 3 is 1.87 bits per heavy atom. The molecule has 0 atom stereocenters. The quantitative estimate of drug-likeness (QED) is 0.341. The van der Waals surface area contributed by atoms with Gasteiger partial charge in [-0.2, -0.15) is 48.3 Å². The molecule has 4 nitrogen and oxygen atoms in total. The van der Waals surface area contributed by atoms with E-state index >= 15 is 0 Å². The van der Waals surface area contributed by atoms with Crippen LogP contribution in [0, 0.1) is 0 Å². The van der Waals surface area contributed by atoms with Crippen LogP contribution < -0.4 is 10.1 Å². The molecule has 0 saturated carbocycles. The zero-order valence-electron chi connectivity index (χ0n) is 15.1. The van der Waals surface area contributed by atoms with Gasteiger partial charge in [-0.15, -0.1) is 0 Å². The summed E-state index contributed by atoms with van der Waals surface area (Å²) in [6, 6.07) is 0.0632. The maximum Gasteiger partial charge on any atom is 0.460 e. The summed E-state index contributed by atoms with van der Waals surface area (Å²) in [5.41, 5.74) is -0.0278. The first-order valence-corrected chi connectivity index (χ1v) is 7.96. The van der Waals surface area contributed by atoms with Gasteiger partial charge in [0.25, 0.3) is 0 Å². The summed E-state index contributed by atoms with van der Waals surface area (Å²) in [5, 5.41) is 2.15. The topological polar surface area (TPSA) is 47.6 Å². The van der Waals surface area contributed by atoms with Crippen molar-refractivity contribution in [2.24, 2.45) is 0 Å². The van der Waals surface area contributed by atoms with Crippen molar-refractivity contribution in [1.29, 1.82) is 0 Å². The fourth-order valence-corrected chi connectivity index (χ4v) is 1.74. The van der Waals surface area contributed by atoms with E-state index in [0.29, 0.717) is 18.6 Å². The van der Waals surface area contributed by atoms with Crippen LogP contribution in [0.2, 0.25) is 0 Å². The molecule has 15 heteroatoms. The minimum atomic E-state index is -7.40. The van der Waals surface area contributed by atoms with E-state index in [1.54, 1.807) is 6.92 Å². The molecule has 0 unspecified atom stereocenters. The number of allylic oxidation sites excluding steroid dienone is 1. The standard InChI is InChI=1S/C16H12F11NO3/c1-2-7-30-12(29)28-8-3-5-9(6-4-8)31-11(18)10(17)13(19,20)14(21,22)15(23,24)16(25,26)27/h3-6H,2,7H2,1H3,(H,28,29). The molecule has 0 aromatic heterocycles. The molecular weight excluding hydrogens is 463 g/mol. The van der Waals surface area contributed by atoms with Gasteiger partial charge in [-0.05, 0) is 30.7 Å². The van der Waals surface area contributed by atoms with Crippen LogP contribution in [0.1, 0.15) is 13.3 Å². The number of carbonyl (C=O) groups is 1. The highest BCUT2D eigenvalue weighted by Gasteiger charge is 2.83. The van der Waals surface area contributed by atoms with Crippen molar-refractivity contribution in [3.8, 4) is 5.75 Å². The monoisotopic (exact) mass is 475 g/mol. The minimum absolute atomic E-state index is 0.0278. The number of anilines is 1. The molecule has 1 aromatic rings. The molecular formula is C16H12F11NO3. The summed E-state index contributed by atoms with van der Waals surface area (Å²) in [6.07, 6.45) is -7.62. The van der Waals surface area contributed by atoms with Crippen molar-refractivity contribution in [3.63, 3.8) is 0 Å². The van der Waals surface area contributed by atoms with Gasteiger partial charge in [-0.3, -0.25) is 5.32 Å². The molecule has 0 saturated heterocycles. The zero-order valence-corrected chi connectivity index (χ0v) is 15.1. The Hall–Kier alpha value is -2.74. The van der Waals surface area contributed by atoms with Gasteiger partial charge < -0.3 is 9.47 Å². The van der Waals surface area contributed by atoms with Crippen LogP contribution in [0.25, 0.3) is 0 Å². The number of rotatable bonds is 8. The second-order valence-corrected chi connectivity index (χ2v) is 5.70. The average molecular weight is 475 g/mol. The maximum absolute atomic E-state index is 13.5. The molecule has 1 rings (SSSR count). The molecule has 1 amide bonds. The van der Waals surface area contributed by atoms with E-state index in [2.05, 4.69) is 14.8 Å². The fourth-order valence-electron chi connectivity index (χ4n) is 1.74. The largest absolute Gasteiger partial charge is 0.460 e. The number of alkyl halides is 9. The summed E-state index contributed by atoms with van der Waals surface area (Å²) in [5.74, 6) is -26.6. The number of hydrogen-bond donors (Lipinski definition) is 1. The number of hydrogen-bond acceptors (Lipinski definition) is 3. The molecule has 31 heavy (non-hydrogen) atoms. The number of carbonyl (C=O) groups excluding carboxylic acids is 1. The van der Waals surface area contributed by atoms with Crippen LogP contribution in [-0.4, -0.2) is 36.6 Å². The Kier molecular flexibility index (Phi) is 7.78. The summed E-state index contributed by atoms with van der Waals surface area (Å²) >= 11 is 0. The molecule has 1 aromatic carbocycles. The lowest BCUT2D eigenvalue weighted by Crippen LogP contribution is -2.61. The third-order valence-electron chi connectivity index (χ3n) is 3.34. The molecule has 0 aliphatic heterocycles. The van der Waals surface area contributed by atoms with Crippen molar-refractivity contribution in [1.82, 2.24) is 0 Å². The zero-order chi connectivity index (χ0) is 24.3. The fraction of sp³-hybridized carbons (Fsp3) is 0.438. The maximum atomic E-state index is 13.5. The lowest BCUT2D eigenvalue weighted by molar-refractivity contribution is -0.392. The van der Waals surface area contributed by atoms with Gasteiger partial charge in [0, 0.05) is 5.69 Å². The predicted octanol–water partition coefficient (Wildman–Crippen LogP) is 6.60. The van der Waals surface area contributed by atoms with E-state index in [0.717, 1.165) is 12.1 Å². The molecule has 176 valence electrons. The second-order valence-electron chi connectivity index (χ2n) is 5.70. The number of ether oxygens (including phenoxy) is 2. The van der Waals surface area contributed by atoms with Gasteiger partial charge in [-0.1, -0.05) is 6.92 Å². The van der Waals surface area contributed by atoms with E-state index in [1.165, 1.54) is 0 Å². The average Bonchev–Trinajstić information content (AvgIpc) is 2.65. The Labute approximate surface area is 166 Å². The van der Waals surface area contributed by atoms with Gasteiger partial charge in [0.1, 0.15) is 5.75 Å². The van der Waals surface area contributed by atoms with Gasteiger partial charge in [-0.25, -0.2) is 4.79 Å². The van der Waals surface area contributed by atoms with Gasteiger partial charge in [0.05, 0.1) is 6.61 Å². The molecule has 0 aliphatic carbocycles. The van der Waals surface area contributed by atoms with Crippen molar-refractivity contribution in [2.45, 2.75) is 37.3 Å². The van der Waals surface area contributed by atoms with Gasteiger partial charge in [0.2, 0.25) is 5.83 Å². The summed E-state index contributed by atoms with van der Waals surface area (Å²) in [7, 11) is 0. The normalized spacial score (nSPS) is 14.1. The number of halogens is 11. The third-order valence-corrected chi connectivity index (χ3v) is 3.34. The highest BCUT2D eigenvalue weighted by atomic mass is 19.4. The number of nitrogens with one attached hydrogen (secondary N) is 1. The molecule has 0 bridgehead atoms. The Morgan fingerprint density at radius 2 is 1.42 bits per heavy atom. The van der Waals surface area contributed by atoms with E-state index in [9.17, 15) is 53.1 Å². The summed E-state index contributed by atoms with van der Waals surface area (Å²) in [4.78, 5) is 11.3. The second kappa shape index (κ2) is 9.18. The lowest BCUT2D eigenvalue weighted by Gasteiger charge is -2.32. The minimum Gasteiger partial charge on any atom is -0.449 e. The van der Waals surface area contributed by atoms with Crippen LogP contribution in [0.4, 0.5) is 58.8 Å². The van der Waals surface area contributed by atoms with Crippen molar-refractivity contribution >= 4 is 11.8 Å². The highest BCUT2D eigenvalue weighted by Crippen LogP contribution is 2.55. The van der Waals surface area contributed by atoms with Crippen LogP contribution in [-0.2, 0) is 4.74 Å². The molecule has 0 fully saturated rings. The summed E-state index contributed by atoms with van der Waals surface area (Å²) < 4.78 is 150. The lowest BCUT2D eigenvalue weighted by atomic mass is 10.0. The highest BCUT2D eigenvalue weighted by molar-refractivity contribution is 5.84. The van der Waals surface area contributed by atoms with Gasteiger partial charge in [0.15, 0.2) is 0 Å². The first-order valence-electron chi connectivity index (χ1n) is 7.96. The molecule has 0 spiro atoms. The number of benzene rings is 1. The first kappa shape index (κ1) is 26.3. The SMILES string of the molecule is CCCOC(=O)Nc1ccc(OC(F)=C(F)C(F)(F)C(F)(F)C(F)(F)C(F)(F)F)cc1. The summed E-state index contributed by atoms with van der Waals surface area (Å²) in [6.45, 7) is 1.76. The van der Waals surface area contributed by atoms with Gasteiger partial charge >= 0.3 is 36.1 Å². The number of amides is 1. The van der Waals surface area contributed by atoms with Crippen molar-refractivity contribution < 1.29 is 62.6 Å².